The lowest BCUT2D eigenvalue weighted by atomic mass is 10.1. The van der Waals surface area contributed by atoms with Crippen LogP contribution in [0.1, 0.15) is 29.3 Å². The van der Waals surface area contributed by atoms with Crippen LogP contribution >= 0.6 is 23.3 Å². The van der Waals surface area contributed by atoms with Crippen LogP contribution < -0.4 is 9.47 Å². The van der Waals surface area contributed by atoms with Crippen LogP contribution in [-0.4, -0.2) is 36.4 Å². The number of ether oxygens (including phenoxy) is 3. The Kier molecular flexibility index (Phi) is 8.33. The van der Waals surface area contributed by atoms with Gasteiger partial charge in [-0.1, -0.05) is 0 Å². The van der Waals surface area contributed by atoms with E-state index in [1.165, 1.54) is 23.3 Å². The van der Waals surface area contributed by atoms with Gasteiger partial charge in [0, 0.05) is 6.42 Å². The molecule has 0 aliphatic carbocycles. The van der Waals surface area contributed by atoms with E-state index in [0.717, 1.165) is 21.2 Å². The van der Waals surface area contributed by atoms with E-state index in [-0.39, 0.29) is 5.97 Å². The average Bonchev–Trinajstić information content (AvgIpc) is 3.23. The zero-order valence-corrected chi connectivity index (χ0v) is 18.9. The van der Waals surface area contributed by atoms with Crippen LogP contribution in [0.5, 0.6) is 11.5 Å². The fourth-order valence-electron chi connectivity index (χ4n) is 2.75. The van der Waals surface area contributed by atoms with Gasteiger partial charge in [0.15, 0.2) is 0 Å². The van der Waals surface area contributed by atoms with Gasteiger partial charge in [-0.25, -0.2) is 4.79 Å². The average molecular weight is 455 g/mol. The third-order valence-electron chi connectivity index (χ3n) is 4.27. The monoisotopic (exact) mass is 454 g/mol. The molecular formula is C23H22N2O4S2. The van der Waals surface area contributed by atoms with Gasteiger partial charge in [0.2, 0.25) is 0 Å². The molecule has 0 fully saturated rings. The molecule has 0 aliphatic rings. The summed E-state index contributed by atoms with van der Waals surface area (Å²) in [6, 6.07) is 16.8. The van der Waals surface area contributed by atoms with Crippen LogP contribution in [0.15, 0.2) is 53.6 Å². The highest BCUT2D eigenvalue weighted by Gasteiger charge is 2.14. The van der Waals surface area contributed by atoms with Crippen molar-refractivity contribution in [3.63, 3.8) is 0 Å². The molecule has 2 aromatic carbocycles. The lowest BCUT2D eigenvalue weighted by Gasteiger charge is -2.09. The minimum absolute atomic E-state index is 0.336. The number of nitrogens with zero attached hydrogens (tertiary/aromatic N) is 2. The number of thioether (sulfide) groups is 1. The van der Waals surface area contributed by atoms with Gasteiger partial charge < -0.3 is 14.2 Å². The van der Waals surface area contributed by atoms with Crippen molar-refractivity contribution in [1.29, 1.82) is 5.26 Å². The predicted molar refractivity (Wildman–Crippen MR) is 122 cm³/mol. The van der Waals surface area contributed by atoms with Crippen molar-refractivity contribution in [3.05, 3.63) is 59.7 Å². The highest BCUT2D eigenvalue weighted by molar-refractivity contribution is 7.98. The van der Waals surface area contributed by atoms with Gasteiger partial charge in [-0.3, -0.25) is 0 Å². The van der Waals surface area contributed by atoms with Crippen molar-refractivity contribution < 1.29 is 19.0 Å². The smallest absolute Gasteiger partial charge is 0.338 e. The van der Waals surface area contributed by atoms with Gasteiger partial charge in [-0.15, -0.1) is 11.8 Å². The summed E-state index contributed by atoms with van der Waals surface area (Å²) < 4.78 is 20.8. The van der Waals surface area contributed by atoms with Gasteiger partial charge in [-0.2, -0.15) is 9.64 Å². The van der Waals surface area contributed by atoms with Crippen molar-refractivity contribution in [1.82, 2.24) is 4.37 Å². The number of esters is 1. The van der Waals surface area contributed by atoms with Crippen molar-refractivity contribution in [2.24, 2.45) is 0 Å². The van der Waals surface area contributed by atoms with Crippen LogP contribution in [0.4, 0.5) is 0 Å². The molecular weight excluding hydrogens is 432 g/mol. The third kappa shape index (κ3) is 6.00. The van der Waals surface area contributed by atoms with Crippen molar-refractivity contribution >= 4 is 29.3 Å². The van der Waals surface area contributed by atoms with Crippen LogP contribution in [0.2, 0.25) is 0 Å². The lowest BCUT2D eigenvalue weighted by molar-refractivity contribution is 0.0526. The first-order valence-corrected chi connectivity index (χ1v) is 11.7. The highest BCUT2D eigenvalue weighted by Crippen LogP contribution is 2.34. The summed E-state index contributed by atoms with van der Waals surface area (Å²) in [6.07, 6.45) is 2.63. The second-order valence-corrected chi connectivity index (χ2v) is 7.90. The molecule has 0 atom stereocenters. The Morgan fingerprint density at radius 2 is 1.68 bits per heavy atom. The summed E-state index contributed by atoms with van der Waals surface area (Å²) in [7, 11) is 0. The Hall–Kier alpha value is -3.02. The Bertz CT molecular complexity index is 1040. The van der Waals surface area contributed by atoms with Crippen LogP contribution in [-0.2, 0) is 4.74 Å². The fourth-order valence-corrected chi connectivity index (χ4v) is 4.32. The summed E-state index contributed by atoms with van der Waals surface area (Å²) in [6.45, 7) is 3.14. The van der Waals surface area contributed by atoms with E-state index < -0.39 is 0 Å². The molecule has 6 nitrogen and oxygen atoms in total. The summed E-state index contributed by atoms with van der Waals surface area (Å²) in [5, 5.41) is 10.2. The molecule has 160 valence electrons. The lowest BCUT2D eigenvalue weighted by Crippen LogP contribution is -2.06. The van der Waals surface area contributed by atoms with Gasteiger partial charge in [0.1, 0.15) is 28.2 Å². The Morgan fingerprint density at radius 3 is 2.23 bits per heavy atom. The second-order valence-electron chi connectivity index (χ2n) is 6.33. The number of rotatable bonds is 10. The summed E-state index contributed by atoms with van der Waals surface area (Å²) in [4.78, 5) is 12.5. The van der Waals surface area contributed by atoms with E-state index in [9.17, 15) is 10.1 Å². The Balaban J connectivity index is 1.44. The molecule has 0 N–H and O–H groups in total. The maximum atomic E-state index is 11.6. The Morgan fingerprint density at radius 1 is 1.06 bits per heavy atom. The summed E-state index contributed by atoms with van der Waals surface area (Å²) in [5.41, 5.74) is 2.08. The first-order chi connectivity index (χ1) is 15.2. The minimum Gasteiger partial charge on any atom is -0.493 e. The van der Waals surface area contributed by atoms with Gasteiger partial charge in [0.05, 0.1) is 30.3 Å². The third-order valence-corrected chi connectivity index (χ3v) is 5.97. The number of carbonyl (C=O) groups excluding carboxylic acids is 1. The quantitative estimate of drug-likeness (QED) is 0.230. The molecule has 0 saturated carbocycles. The first kappa shape index (κ1) is 22.7. The Labute approximate surface area is 189 Å². The molecule has 1 aromatic heterocycles. The number of aromatic nitrogens is 1. The summed E-state index contributed by atoms with van der Waals surface area (Å²) in [5.74, 6) is 1.12. The molecule has 31 heavy (non-hydrogen) atoms. The normalized spacial score (nSPS) is 10.4. The predicted octanol–water partition coefficient (Wildman–Crippen LogP) is 5.43. The van der Waals surface area contributed by atoms with E-state index in [4.69, 9.17) is 14.2 Å². The first-order valence-electron chi connectivity index (χ1n) is 9.73. The second kappa shape index (κ2) is 11.4. The number of hydrogen-bond acceptors (Lipinski definition) is 8. The van der Waals surface area contributed by atoms with Crippen LogP contribution in [0.25, 0.3) is 10.4 Å². The molecule has 0 bridgehead atoms. The molecule has 0 aliphatic heterocycles. The largest absolute Gasteiger partial charge is 0.493 e. The van der Waals surface area contributed by atoms with Crippen LogP contribution in [0.3, 0.4) is 0 Å². The van der Waals surface area contributed by atoms with E-state index in [1.807, 2.05) is 30.5 Å². The van der Waals surface area contributed by atoms with Gasteiger partial charge in [0.25, 0.3) is 0 Å². The molecule has 0 unspecified atom stereocenters. The van der Waals surface area contributed by atoms with E-state index in [1.54, 1.807) is 31.2 Å². The van der Waals surface area contributed by atoms with Crippen molar-refractivity contribution in [2.45, 2.75) is 18.4 Å². The number of carbonyl (C=O) groups is 1. The summed E-state index contributed by atoms with van der Waals surface area (Å²) >= 11 is 2.81. The van der Waals surface area contributed by atoms with Crippen LogP contribution in [0, 0.1) is 11.3 Å². The maximum absolute atomic E-state index is 11.6. The molecule has 0 amide bonds. The highest BCUT2D eigenvalue weighted by atomic mass is 32.2. The van der Waals surface area contributed by atoms with Crippen molar-refractivity contribution in [2.75, 3.05) is 26.1 Å². The topological polar surface area (TPSA) is 81.4 Å². The SMILES string of the molecule is CCOC(=O)c1ccc(OCCCOc2ccc(-c3snc(SC)c3C#N)cc2)cc1. The maximum Gasteiger partial charge on any atom is 0.338 e. The van der Waals surface area contributed by atoms with E-state index >= 15 is 0 Å². The van der Waals surface area contributed by atoms with Gasteiger partial charge >= 0.3 is 5.97 Å². The van der Waals surface area contributed by atoms with E-state index in [2.05, 4.69) is 10.4 Å². The molecule has 0 spiro atoms. The number of nitriles is 1. The number of benzene rings is 2. The minimum atomic E-state index is -0.336. The number of hydrogen-bond donors (Lipinski definition) is 0. The van der Waals surface area contributed by atoms with Gasteiger partial charge in [-0.05, 0) is 78.8 Å². The zero-order valence-electron chi connectivity index (χ0n) is 17.3. The van der Waals surface area contributed by atoms with Crippen molar-refractivity contribution in [3.8, 4) is 28.0 Å². The molecule has 3 aromatic rings. The fraction of sp³-hybridized carbons (Fsp3) is 0.261. The zero-order chi connectivity index (χ0) is 22.1. The van der Waals surface area contributed by atoms with E-state index in [0.29, 0.717) is 43.1 Å². The molecule has 3 rings (SSSR count). The standard InChI is InChI=1S/C23H22N2O4S2/c1-3-27-23(26)17-7-11-19(12-8-17)29-14-4-13-28-18-9-5-16(6-10-18)21-20(15-24)22(30-2)25-31-21/h5-12H,3-4,13-14H2,1-2H3. The molecule has 8 heteroatoms. The molecule has 0 saturated heterocycles. The molecule has 0 radical (unpaired) electrons. The molecule has 1 heterocycles.